The molecule has 2 rings (SSSR count). The third-order valence-corrected chi connectivity index (χ3v) is 3.56. The maximum atomic E-state index is 13.2. The molecule has 0 saturated heterocycles. The van der Waals surface area contributed by atoms with Gasteiger partial charge in [-0.3, -0.25) is 9.48 Å². The van der Waals surface area contributed by atoms with Gasteiger partial charge >= 0.3 is 0 Å². The van der Waals surface area contributed by atoms with Crippen LogP contribution in [0, 0.1) is 5.82 Å². The molecule has 23 heavy (non-hydrogen) atoms. The van der Waals surface area contributed by atoms with Gasteiger partial charge in [-0.1, -0.05) is 12.1 Å². The predicted molar refractivity (Wildman–Crippen MR) is 85.8 cm³/mol. The summed E-state index contributed by atoms with van der Waals surface area (Å²) < 4.78 is 14.8. The molecule has 0 aliphatic heterocycles. The van der Waals surface area contributed by atoms with Crippen LogP contribution in [0.3, 0.4) is 0 Å². The highest BCUT2D eigenvalue weighted by atomic mass is 19.1. The molecule has 0 fully saturated rings. The molecule has 0 aliphatic rings. The fourth-order valence-corrected chi connectivity index (χ4v) is 2.13. The van der Waals surface area contributed by atoms with Crippen molar-refractivity contribution in [3.05, 3.63) is 59.7 Å². The van der Waals surface area contributed by atoms with Gasteiger partial charge in [-0.25, -0.2) is 4.39 Å². The van der Waals surface area contributed by atoms with Crippen molar-refractivity contribution in [2.24, 2.45) is 7.05 Å². The van der Waals surface area contributed by atoms with E-state index in [1.807, 2.05) is 0 Å². The fourth-order valence-electron chi connectivity index (χ4n) is 2.13. The second-order valence-corrected chi connectivity index (χ2v) is 5.73. The van der Waals surface area contributed by atoms with Crippen molar-refractivity contribution < 1.29 is 14.3 Å². The molecule has 5 nitrogen and oxygen atoms in total. The summed E-state index contributed by atoms with van der Waals surface area (Å²) in [5.41, 5.74) is 0.679. The highest BCUT2D eigenvalue weighted by Gasteiger charge is 2.25. The van der Waals surface area contributed by atoms with Crippen LogP contribution >= 0.6 is 0 Å². The van der Waals surface area contributed by atoms with E-state index < -0.39 is 5.60 Å². The van der Waals surface area contributed by atoms with E-state index >= 15 is 0 Å². The number of carbonyl (C=O) groups is 1. The Balaban J connectivity index is 2.00. The molecule has 1 unspecified atom stereocenters. The second-order valence-electron chi connectivity index (χ2n) is 5.73. The van der Waals surface area contributed by atoms with Gasteiger partial charge < -0.3 is 10.4 Å². The zero-order valence-corrected chi connectivity index (χ0v) is 13.4. The zero-order chi connectivity index (χ0) is 17.0. The van der Waals surface area contributed by atoms with Crippen molar-refractivity contribution >= 4 is 11.5 Å². The van der Waals surface area contributed by atoms with Crippen molar-refractivity contribution in [3.8, 4) is 0 Å². The van der Waals surface area contributed by atoms with E-state index in [-0.39, 0.29) is 18.3 Å². The Labute approximate surface area is 134 Å². The lowest BCUT2D eigenvalue weighted by atomic mass is 9.99. The van der Waals surface area contributed by atoms with Gasteiger partial charge in [0, 0.05) is 24.9 Å². The Kier molecular flexibility index (Phi) is 4.95. The monoisotopic (exact) mass is 317 g/mol. The van der Waals surface area contributed by atoms with Crippen LogP contribution in [0.15, 0.2) is 42.7 Å². The lowest BCUT2D eigenvalue weighted by Crippen LogP contribution is -2.37. The number of benzene rings is 1. The number of allylic oxidation sites excluding steroid dienone is 1. The van der Waals surface area contributed by atoms with Gasteiger partial charge in [0.05, 0.1) is 12.7 Å². The molecular formula is C17H20FN3O2. The number of aliphatic hydroxyl groups is 1. The molecule has 0 spiro atoms. The average molecular weight is 317 g/mol. The van der Waals surface area contributed by atoms with Gasteiger partial charge in [-0.15, -0.1) is 0 Å². The normalized spacial score (nSPS) is 14.4. The topological polar surface area (TPSA) is 67.2 Å². The smallest absolute Gasteiger partial charge is 0.244 e. The van der Waals surface area contributed by atoms with Crippen LogP contribution < -0.4 is 5.32 Å². The largest absolute Gasteiger partial charge is 0.383 e. The number of amides is 1. The summed E-state index contributed by atoms with van der Waals surface area (Å²) in [7, 11) is 1.75. The number of rotatable bonds is 5. The molecule has 1 aromatic heterocycles. The number of aryl methyl sites for hydroxylation is 1. The summed E-state index contributed by atoms with van der Waals surface area (Å²) in [5, 5.41) is 17.0. The minimum atomic E-state index is -1.22. The van der Waals surface area contributed by atoms with Crippen LogP contribution in [0.4, 0.5) is 4.39 Å². The summed E-state index contributed by atoms with van der Waals surface area (Å²) in [6, 6.07) is 6.04. The van der Waals surface area contributed by atoms with Crippen LogP contribution in [-0.4, -0.2) is 27.3 Å². The molecule has 0 aliphatic carbocycles. The predicted octanol–water partition coefficient (Wildman–Crippen LogP) is 1.99. The lowest BCUT2D eigenvalue weighted by Gasteiger charge is -2.21. The van der Waals surface area contributed by atoms with E-state index in [0.717, 1.165) is 0 Å². The van der Waals surface area contributed by atoms with Crippen molar-refractivity contribution in [2.45, 2.75) is 19.4 Å². The second kappa shape index (κ2) is 6.75. The van der Waals surface area contributed by atoms with Gasteiger partial charge in [0.25, 0.3) is 0 Å². The van der Waals surface area contributed by atoms with Crippen molar-refractivity contribution in [1.29, 1.82) is 0 Å². The van der Waals surface area contributed by atoms with E-state index in [4.69, 9.17) is 0 Å². The van der Waals surface area contributed by atoms with Gasteiger partial charge in [0.1, 0.15) is 11.4 Å². The van der Waals surface area contributed by atoms with Gasteiger partial charge in [0.2, 0.25) is 5.91 Å². The lowest BCUT2D eigenvalue weighted by molar-refractivity contribution is -0.117. The van der Waals surface area contributed by atoms with Crippen molar-refractivity contribution in [3.63, 3.8) is 0 Å². The Bertz CT molecular complexity index is 735. The fraction of sp³-hybridized carbons (Fsp3) is 0.294. The SMILES string of the molecule is CC(=CC(=O)NCC(C)(O)c1cnn(C)c1)c1cccc(F)c1. The van der Waals surface area contributed by atoms with Gasteiger partial charge in [0.15, 0.2) is 0 Å². The van der Waals surface area contributed by atoms with E-state index in [2.05, 4.69) is 10.4 Å². The number of hydrogen-bond donors (Lipinski definition) is 2. The van der Waals surface area contributed by atoms with Crippen molar-refractivity contribution in [1.82, 2.24) is 15.1 Å². The number of nitrogens with zero attached hydrogens (tertiary/aromatic N) is 2. The van der Waals surface area contributed by atoms with E-state index in [1.54, 1.807) is 50.1 Å². The van der Waals surface area contributed by atoms with Crippen LogP contribution in [0.1, 0.15) is 25.0 Å². The van der Waals surface area contributed by atoms with Crippen LogP contribution in [0.25, 0.3) is 5.57 Å². The molecule has 0 radical (unpaired) electrons. The molecule has 122 valence electrons. The summed E-state index contributed by atoms with van der Waals surface area (Å²) in [4.78, 5) is 12.0. The molecular weight excluding hydrogens is 297 g/mol. The maximum Gasteiger partial charge on any atom is 0.244 e. The number of aromatic nitrogens is 2. The maximum absolute atomic E-state index is 13.2. The Hall–Kier alpha value is -2.47. The van der Waals surface area contributed by atoms with Crippen molar-refractivity contribution in [2.75, 3.05) is 6.54 Å². The summed E-state index contributed by atoms with van der Waals surface area (Å²) >= 11 is 0. The third kappa shape index (κ3) is 4.50. The van der Waals surface area contributed by atoms with Crippen LogP contribution in [-0.2, 0) is 17.4 Å². The molecule has 1 heterocycles. The van der Waals surface area contributed by atoms with Gasteiger partial charge in [-0.2, -0.15) is 5.10 Å². The first-order valence-corrected chi connectivity index (χ1v) is 7.21. The number of halogens is 1. The Morgan fingerprint density at radius 2 is 2.26 bits per heavy atom. The standard InChI is InChI=1S/C17H20FN3O2/c1-12(13-5-4-6-15(18)8-13)7-16(22)19-11-17(2,23)14-9-20-21(3)10-14/h4-10,23H,11H2,1-3H3,(H,19,22). The zero-order valence-electron chi connectivity index (χ0n) is 13.4. The summed E-state index contributed by atoms with van der Waals surface area (Å²) in [5.74, 6) is -0.703. The van der Waals surface area contributed by atoms with Gasteiger partial charge in [-0.05, 0) is 37.1 Å². The van der Waals surface area contributed by atoms with E-state index in [0.29, 0.717) is 16.7 Å². The van der Waals surface area contributed by atoms with Crippen LogP contribution in [0.5, 0.6) is 0 Å². The van der Waals surface area contributed by atoms with E-state index in [1.165, 1.54) is 18.2 Å². The molecule has 2 aromatic rings. The molecule has 1 atom stereocenters. The third-order valence-electron chi connectivity index (χ3n) is 3.56. The first-order chi connectivity index (χ1) is 10.8. The minimum absolute atomic E-state index is 0.0461. The average Bonchev–Trinajstić information content (AvgIpc) is 2.93. The number of carbonyl (C=O) groups excluding carboxylic acids is 1. The van der Waals surface area contributed by atoms with Crippen LogP contribution in [0.2, 0.25) is 0 Å². The number of hydrogen-bond acceptors (Lipinski definition) is 3. The molecule has 0 bridgehead atoms. The van der Waals surface area contributed by atoms with E-state index in [9.17, 15) is 14.3 Å². The highest BCUT2D eigenvalue weighted by molar-refractivity contribution is 5.94. The molecule has 0 saturated carbocycles. The first kappa shape index (κ1) is 16.9. The highest BCUT2D eigenvalue weighted by Crippen LogP contribution is 2.19. The summed E-state index contributed by atoms with van der Waals surface area (Å²) in [6.07, 6.45) is 4.63. The Morgan fingerprint density at radius 1 is 1.52 bits per heavy atom. The number of nitrogens with one attached hydrogen (secondary N) is 1. The molecule has 1 aromatic carbocycles. The summed E-state index contributed by atoms with van der Waals surface area (Å²) in [6.45, 7) is 3.38. The molecule has 1 amide bonds. The molecule has 6 heteroatoms. The quantitative estimate of drug-likeness (QED) is 0.829. The Morgan fingerprint density at radius 3 is 2.87 bits per heavy atom. The first-order valence-electron chi connectivity index (χ1n) is 7.21. The minimum Gasteiger partial charge on any atom is -0.383 e. The molecule has 2 N–H and O–H groups in total.